The van der Waals surface area contributed by atoms with Crippen LogP contribution in [-0.2, 0) is 19.6 Å². The summed E-state index contributed by atoms with van der Waals surface area (Å²) in [6.07, 6.45) is 2.28. The number of amides is 1. The van der Waals surface area contributed by atoms with Crippen molar-refractivity contribution in [1.82, 2.24) is 19.3 Å². The molecule has 1 aromatic heterocycles. The molecule has 49 heavy (non-hydrogen) atoms. The Bertz CT molecular complexity index is 1950. The number of rotatable bonds is 9. The predicted octanol–water partition coefficient (Wildman–Crippen LogP) is 1.40. The van der Waals surface area contributed by atoms with Gasteiger partial charge >= 0.3 is 18.9 Å². The molecule has 7 rings (SSSR count). The molecule has 0 saturated carbocycles. The maximum atomic E-state index is 15.1. The van der Waals surface area contributed by atoms with Crippen LogP contribution in [0.2, 0.25) is 0 Å². The summed E-state index contributed by atoms with van der Waals surface area (Å²) in [5.74, 6) is -0.576. The van der Waals surface area contributed by atoms with Crippen molar-refractivity contribution in [2.45, 2.75) is 25.6 Å². The number of carboxylic acid groups (broad SMARTS) is 1. The molecule has 2 aliphatic heterocycles. The van der Waals surface area contributed by atoms with Gasteiger partial charge in [0, 0.05) is 68.5 Å². The molecule has 10 heteroatoms. The van der Waals surface area contributed by atoms with Gasteiger partial charge in [0.05, 0.1) is 29.8 Å². The van der Waals surface area contributed by atoms with Gasteiger partial charge in [-0.15, -0.1) is 0 Å². The molecule has 0 bridgehead atoms. The second-order valence-electron chi connectivity index (χ2n) is 12.7. The molecule has 246 valence electrons. The van der Waals surface area contributed by atoms with Crippen molar-refractivity contribution in [3.05, 3.63) is 125 Å². The van der Waals surface area contributed by atoms with Gasteiger partial charge in [-0.1, -0.05) is 72.8 Å². The second kappa shape index (κ2) is 14.9. The second-order valence-corrected chi connectivity index (χ2v) is 12.7. The van der Waals surface area contributed by atoms with Crippen LogP contribution in [-0.4, -0.2) is 84.1 Å². The molecular formula is C39H39LiN4O5. The van der Waals surface area contributed by atoms with Gasteiger partial charge < -0.3 is 33.7 Å². The minimum absolute atomic E-state index is 0. The first-order valence-corrected chi connectivity index (χ1v) is 16.4. The first-order valence-electron chi connectivity index (χ1n) is 16.4. The van der Waals surface area contributed by atoms with Crippen molar-refractivity contribution in [2.75, 3.05) is 46.9 Å². The third kappa shape index (κ3) is 7.12. The van der Waals surface area contributed by atoms with Crippen LogP contribution in [0.4, 0.5) is 0 Å². The average Bonchev–Trinajstić information content (AvgIpc) is 3.51. The van der Waals surface area contributed by atoms with E-state index in [9.17, 15) is 9.90 Å². The minimum Gasteiger partial charge on any atom is -0.545 e. The molecule has 0 aliphatic carbocycles. The zero-order chi connectivity index (χ0) is 33.2. The Hall–Kier alpha value is -4.52. The van der Waals surface area contributed by atoms with E-state index in [1.165, 1.54) is 11.8 Å². The van der Waals surface area contributed by atoms with E-state index in [1.54, 1.807) is 35.9 Å². The summed E-state index contributed by atoms with van der Waals surface area (Å²) in [4.78, 5) is 34.1. The summed E-state index contributed by atoms with van der Waals surface area (Å²) in [6.45, 7) is 5.39. The Morgan fingerprint density at radius 3 is 2.27 bits per heavy atom. The van der Waals surface area contributed by atoms with Gasteiger partial charge in [0.15, 0.2) is 11.5 Å². The van der Waals surface area contributed by atoms with E-state index in [4.69, 9.17) is 9.47 Å². The first-order chi connectivity index (χ1) is 23.4. The van der Waals surface area contributed by atoms with E-state index in [0.717, 1.165) is 50.3 Å². The summed E-state index contributed by atoms with van der Waals surface area (Å²) in [5.41, 5.74) is 4.96. The molecule has 0 radical (unpaired) electrons. The Morgan fingerprint density at radius 1 is 0.837 bits per heavy atom. The van der Waals surface area contributed by atoms with Crippen molar-refractivity contribution in [3.63, 3.8) is 0 Å². The van der Waals surface area contributed by atoms with E-state index in [1.807, 2.05) is 53.4 Å². The number of aromatic carboxylic acids is 1. The molecule has 9 nitrogen and oxygen atoms in total. The number of carbonyl (C=O) groups excluding carboxylic acids is 2. The molecule has 4 aromatic carbocycles. The number of carboxylic acids is 1. The number of carbonyl (C=O) groups is 2. The summed E-state index contributed by atoms with van der Waals surface area (Å²) in [5, 5.41) is 12.8. The maximum absolute atomic E-state index is 15.1. The van der Waals surface area contributed by atoms with Crippen molar-refractivity contribution >= 4 is 22.8 Å². The van der Waals surface area contributed by atoms with Gasteiger partial charge in [0.25, 0.3) is 5.91 Å². The Labute approximate surface area is 298 Å². The van der Waals surface area contributed by atoms with Crippen LogP contribution in [0.25, 0.3) is 16.6 Å². The number of methoxy groups -OCH3 is 1. The number of likely N-dealkylation sites (N-methyl/N-ethyl adjacent to an activating group) is 1. The Kier molecular flexibility index (Phi) is 10.5. The fourth-order valence-corrected chi connectivity index (χ4v) is 6.94. The third-order valence-corrected chi connectivity index (χ3v) is 9.62. The first kappa shape index (κ1) is 34.3. The van der Waals surface area contributed by atoms with E-state index >= 15 is 4.79 Å². The number of para-hydroxylation sites is 1. The molecule has 1 saturated heterocycles. The van der Waals surface area contributed by atoms with Gasteiger partial charge in [0.2, 0.25) is 0 Å². The fourth-order valence-electron chi connectivity index (χ4n) is 6.94. The van der Waals surface area contributed by atoms with Gasteiger partial charge in [0.1, 0.15) is 6.61 Å². The number of nitrogens with zero attached hydrogens (tertiary/aromatic N) is 4. The van der Waals surface area contributed by atoms with Crippen molar-refractivity contribution in [3.8, 4) is 17.2 Å². The molecule has 3 heterocycles. The smallest absolute Gasteiger partial charge is 0.545 e. The molecule has 0 spiro atoms. The van der Waals surface area contributed by atoms with E-state index in [-0.39, 0.29) is 43.0 Å². The molecule has 1 atom stereocenters. The molecule has 0 unspecified atom stereocenters. The monoisotopic (exact) mass is 650 g/mol. The number of aromatic nitrogens is 1. The molecular weight excluding hydrogens is 611 g/mol. The zero-order valence-electron chi connectivity index (χ0n) is 28.3. The normalized spacial score (nSPS) is 16.5. The van der Waals surface area contributed by atoms with Crippen molar-refractivity contribution in [2.24, 2.45) is 0 Å². The standard InChI is InChI=1S/C39H40N4O5.Li/c1-40-16-18-41(19-17-40)24-30-20-28-12-6-7-13-29(28)23-42(30)38(44)32-21-37(48-26-27-10-4-3-5-11-27)36(47-2)22-35(32)43-25-33(39(45)46)31-14-8-9-15-34(31)43;/h3-15,21-22,25,30H,16-20,23-24,26H2,1-2H3,(H,45,46);/q;+1/p-1/t30-;/m0./s1. The van der Waals surface area contributed by atoms with E-state index < -0.39 is 5.97 Å². The fraction of sp³-hybridized carbons (Fsp3) is 0.282. The molecule has 5 aromatic rings. The van der Waals surface area contributed by atoms with Crippen LogP contribution in [0.1, 0.15) is 37.4 Å². The topological polar surface area (TPSA) is 90.3 Å². The largest absolute Gasteiger partial charge is 1.00 e. The van der Waals surface area contributed by atoms with Gasteiger partial charge in [-0.25, -0.2) is 0 Å². The summed E-state index contributed by atoms with van der Waals surface area (Å²) < 4.78 is 13.9. The summed E-state index contributed by atoms with van der Waals surface area (Å²) >= 11 is 0. The van der Waals surface area contributed by atoms with Gasteiger partial charge in [-0.3, -0.25) is 9.69 Å². The molecule has 0 N–H and O–H groups in total. The van der Waals surface area contributed by atoms with Crippen LogP contribution < -0.4 is 33.4 Å². The van der Waals surface area contributed by atoms with E-state index in [0.29, 0.717) is 40.2 Å². The maximum Gasteiger partial charge on any atom is 1.00 e. The SMILES string of the molecule is COc1cc(-n2cc(C(=O)[O-])c3ccccc32)c(C(=O)N2Cc3ccccc3C[C@H]2CN2CCN(C)CC2)cc1OCc1ccccc1.[Li+]. The van der Waals surface area contributed by atoms with Crippen molar-refractivity contribution in [1.29, 1.82) is 0 Å². The minimum atomic E-state index is -1.28. The number of ether oxygens (including phenoxy) is 2. The quantitative estimate of drug-likeness (QED) is 0.223. The Balaban J connectivity index is 0.00000417. The summed E-state index contributed by atoms with van der Waals surface area (Å²) in [7, 11) is 3.70. The number of piperazine rings is 1. The Morgan fingerprint density at radius 2 is 1.53 bits per heavy atom. The van der Waals surface area contributed by atoms with Gasteiger partial charge in [-0.2, -0.15) is 0 Å². The van der Waals surface area contributed by atoms with Crippen LogP contribution in [0.5, 0.6) is 11.5 Å². The summed E-state index contributed by atoms with van der Waals surface area (Å²) in [6, 6.07) is 28.9. The molecule has 2 aliphatic rings. The van der Waals surface area contributed by atoms with Crippen LogP contribution in [0, 0.1) is 0 Å². The zero-order valence-corrected chi connectivity index (χ0v) is 28.3. The van der Waals surface area contributed by atoms with Crippen LogP contribution in [0.3, 0.4) is 0 Å². The number of fused-ring (bicyclic) bond motifs is 2. The van der Waals surface area contributed by atoms with Crippen LogP contribution in [0.15, 0.2) is 97.2 Å². The van der Waals surface area contributed by atoms with E-state index in [2.05, 4.69) is 35.0 Å². The van der Waals surface area contributed by atoms with Crippen molar-refractivity contribution < 1.29 is 43.0 Å². The number of benzene rings is 4. The molecule has 1 amide bonds. The molecule has 1 fully saturated rings. The van der Waals surface area contributed by atoms with Gasteiger partial charge in [-0.05, 0) is 42.3 Å². The van der Waals surface area contributed by atoms with Crippen LogP contribution >= 0.6 is 0 Å². The number of hydrogen-bond donors (Lipinski definition) is 0. The average molecular weight is 651 g/mol. The third-order valence-electron chi connectivity index (χ3n) is 9.62. The number of hydrogen-bond acceptors (Lipinski definition) is 7. The predicted molar refractivity (Wildman–Crippen MR) is 183 cm³/mol.